The van der Waals surface area contributed by atoms with Crippen LogP contribution < -0.4 is 10.6 Å². The van der Waals surface area contributed by atoms with Crippen LogP contribution in [0.1, 0.15) is 173 Å². The number of carbonyl (C=O) groups excluding carboxylic acids is 3. The summed E-state index contributed by atoms with van der Waals surface area (Å²) in [6, 6.07) is 12.1. The molecule has 4 fully saturated rings. The maximum Gasteiger partial charge on any atom is 0.407 e. The number of amides is 3. The van der Waals surface area contributed by atoms with Gasteiger partial charge < -0.3 is 40.1 Å². The number of benzene rings is 2. The molecule has 10 atom stereocenters. The molecule has 1 unspecified atom stereocenters. The van der Waals surface area contributed by atoms with Crippen LogP contribution in [0.3, 0.4) is 0 Å². The van der Waals surface area contributed by atoms with E-state index in [9.17, 15) is 19.5 Å². The number of aliphatic hydroxyl groups is 1. The van der Waals surface area contributed by atoms with Crippen molar-refractivity contribution >= 4 is 18.1 Å². The van der Waals surface area contributed by atoms with E-state index in [0.29, 0.717) is 23.2 Å². The highest BCUT2D eigenvalue weighted by Crippen LogP contribution is 2.48. The van der Waals surface area contributed by atoms with Gasteiger partial charge >= 0.3 is 12.2 Å². The fourth-order valence-electron chi connectivity index (χ4n) is 12.4. The highest BCUT2D eigenvalue weighted by atomic mass is 16.5. The maximum absolute atomic E-state index is 14.3. The predicted molar refractivity (Wildman–Crippen MR) is 271 cm³/mol. The largest absolute Gasteiger partial charge is 0.453 e. The normalized spacial score (nSPS) is 25.1. The molecule has 71 heavy (non-hydrogen) atoms. The number of aromatic nitrogens is 4. The number of hydrogen-bond donors (Lipinski definition) is 5. The molecule has 2 aromatic carbocycles. The Kier molecular flexibility index (Phi) is 15.3. The topological polar surface area (TPSA) is 178 Å². The van der Waals surface area contributed by atoms with Gasteiger partial charge in [0.1, 0.15) is 35.3 Å². The minimum atomic E-state index is -0.907. The number of H-pyrrole nitrogens is 2. The van der Waals surface area contributed by atoms with E-state index in [0.717, 1.165) is 99.8 Å². The predicted octanol–water partition coefficient (Wildman–Crippen LogP) is 8.59. The van der Waals surface area contributed by atoms with Crippen molar-refractivity contribution in [3.05, 3.63) is 105 Å². The van der Waals surface area contributed by atoms with E-state index in [-0.39, 0.29) is 47.8 Å². The van der Waals surface area contributed by atoms with E-state index in [1.165, 1.54) is 42.9 Å². The van der Waals surface area contributed by atoms with Crippen molar-refractivity contribution in [1.82, 2.24) is 40.4 Å². The Hall–Kier alpha value is -6.09. The number of methoxy groups -OCH3 is 2. The van der Waals surface area contributed by atoms with E-state index >= 15 is 0 Å². The van der Waals surface area contributed by atoms with Crippen LogP contribution in [0.25, 0.3) is 0 Å². The van der Waals surface area contributed by atoms with E-state index in [1.54, 1.807) is 0 Å². The van der Waals surface area contributed by atoms with Gasteiger partial charge in [-0.15, -0.1) is 0 Å². The Bertz CT molecular complexity index is 2700. The molecule has 2 saturated heterocycles. The first-order valence-electron chi connectivity index (χ1n) is 26.2. The zero-order chi connectivity index (χ0) is 49.9. The number of fused-ring (bicyclic) bond motifs is 2. The molecule has 6 aliphatic carbocycles. The molecule has 0 spiro atoms. The van der Waals surface area contributed by atoms with Crippen molar-refractivity contribution in [1.29, 1.82) is 0 Å². The van der Waals surface area contributed by atoms with Crippen molar-refractivity contribution in [2.45, 2.75) is 166 Å². The summed E-state index contributed by atoms with van der Waals surface area (Å²) in [6.45, 7) is 10.2. The lowest BCUT2D eigenvalue weighted by atomic mass is 9.84. The van der Waals surface area contributed by atoms with Crippen LogP contribution in [-0.2, 0) is 33.5 Å². The lowest BCUT2D eigenvalue weighted by molar-refractivity contribution is -0.138. The summed E-state index contributed by atoms with van der Waals surface area (Å²) in [5.41, 5.74) is 8.04. The number of rotatable bonds is 9. The van der Waals surface area contributed by atoms with E-state index in [2.05, 4.69) is 92.5 Å². The molecular weight excluding hydrogens is 893 g/mol. The molecule has 14 heteroatoms. The third kappa shape index (κ3) is 10.8. The van der Waals surface area contributed by atoms with Gasteiger partial charge in [-0.1, -0.05) is 96.4 Å². The molecule has 2 aromatic heterocycles. The quantitative estimate of drug-likeness (QED) is 0.103. The molecule has 4 heterocycles. The number of aliphatic hydroxyl groups excluding tert-OH is 1. The minimum Gasteiger partial charge on any atom is -0.453 e. The summed E-state index contributed by atoms with van der Waals surface area (Å²) in [7, 11) is 2.67. The molecule has 2 aliphatic heterocycles. The number of likely N-dealkylation sites (tertiary alicyclic amines) is 2. The first kappa shape index (κ1) is 49.9. The highest BCUT2D eigenvalue weighted by molar-refractivity contribution is 5.86. The average Bonchev–Trinajstić information content (AvgIpc) is 4.20. The van der Waals surface area contributed by atoms with E-state index in [4.69, 9.17) is 19.4 Å². The number of aryl methyl sites for hydroxylation is 2. The van der Waals surface area contributed by atoms with Gasteiger partial charge in [-0.25, -0.2) is 19.6 Å². The van der Waals surface area contributed by atoms with Gasteiger partial charge in [0, 0.05) is 35.6 Å². The van der Waals surface area contributed by atoms with Gasteiger partial charge in [0.05, 0.1) is 32.3 Å². The Morgan fingerprint density at radius 3 is 1.97 bits per heavy atom. The monoisotopic (exact) mass is 965 g/mol. The summed E-state index contributed by atoms with van der Waals surface area (Å²) in [5.74, 6) is 16.1. The Morgan fingerprint density at radius 2 is 1.31 bits per heavy atom. The van der Waals surface area contributed by atoms with Crippen molar-refractivity contribution in [2.75, 3.05) is 14.2 Å². The second kappa shape index (κ2) is 21.7. The van der Waals surface area contributed by atoms with Crippen molar-refractivity contribution in [3.8, 4) is 23.7 Å². The summed E-state index contributed by atoms with van der Waals surface area (Å²) in [4.78, 5) is 60.1. The van der Waals surface area contributed by atoms with Crippen LogP contribution in [0.4, 0.5) is 9.59 Å². The molecule has 4 bridgehead atoms. The summed E-state index contributed by atoms with van der Waals surface area (Å²) in [5, 5.41) is 17.7. The smallest absolute Gasteiger partial charge is 0.407 e. The number of imidazole rings is 2. The molecule has 0 radical (unpaired) electrons. The summed E-state index contributed by atoms with van der Waals surface area (Å²) >= 11 is 0. The average molecular weight is 965 g/mol. The number of carbonyl (C=O) groups is 3. The van der Waals surface area contributed by atoms with Gasteiger partial charge in [0.15, 0.2) is 0 Å². The number of nitrogens with one attached hydrogen (secondary N) is 4. The number of aromatic amines is 2. The van der Waals surface area contributed by atoms with Crippen molar-refractivity contribution in [2.24, 2.45) is 23.7 Å². The van der Waals surface area contributed by atoms with Crippen LogP contribution in [0.2, 0.25) is 0 Å². The Morgan fingerprint density at radius 1 is 0.718 bits per heavy atom. The molecule has 376 valence electrons. The molecule has 4 aromatic rings. The van der Waals surface area contributed by atoms with Gasteiger partial charge in [-0.2, -0.15) is 0 Å². The number of alkyl carbamates (subject to hydrolysis) is 2. The Labute approximate surface area is 419 Å². The third-order valence-electron chi connectivity index (χ3n) is 16.3. The van der Waals surface area contributed by atoms with E-state index in [1.807, 2.05) is 45.0 Å². The number of ether oxygens (including phenoxy) is 2. The zero-order valence-corrected chi connectivity index (χ0v) is 42.5. The van der Waals surface area contributed by atoms with Gasteiger partial charge in [-0.05, 0) is 134 Å². The molecule has 8 aliphatic rings. The highest BCUT2D eigenvalue weighted by Gasteiger charge is 2.50. The molecule has 5 N–H and O–H groups in total. The van der Waals surface area contributed by atoms with Crippen molar-refractivity contribution < 1.29 is 29.0 Å². The van der Waals surface area contributed by atoms with Crippen LogP contribution in [0.5, 0.6) is 0 Å². The van der Waals surface area contributed by atoms with Crippen molar-refractivity contribution in [3.63, 3.8) is 0 Å². The van der Waals surface area contributed by atoms with Crippen LogP contribution in [0, 0.1) is 47.4 Å². The number of nitrogens with zero attached hydrogens (tertiary/aromatic N) is 4. The molecule has 14 nitrogen and oxygen atoms in total. The fourth-order valence-corrected chi connectivity index (χ4v) is 12.4. The third-order valence-corrected chi connectivity index (χ3v) is 16.3. The maximum atomic E-state index is 14.3. The molecule has 3 amide bonds. The first-order chi connectivity index (χ1) is 34.3. The van der Waals surface area contributed by atoms with Gasteiger partial charge in [0.2, 0.25) is 5.91 Å². The minimum absolute atomic E-state index is 0.0203. The number of hydrogen-bond acceptors (Lipinski definition) is 9. The molecule has 12 rings (SSSR count). The SMILES string of the molecule is COC(=O)N[C@@H](C(C)C)C(O)N1[C@H](c2nc(C#Cc3cc4ccc3C[C@@H](C)c3ccc(c(C#Cc5c[nH]c([C@@H]6C[C@@H]7CCCC[C@@H]7N6C(=O)[C@@H](NC(=O)OC)C(C)C)n5)c3)CC4)c[nH]2)C[C@@H]2CCCC[C@@H]21. The van der Waals surface area contributed by atoms with Crippen LogP contribution in [0.15, 0.2) is 48.8 Å². The molecule has 2 saturated carbocycles. The fraction of sp³-hybridized carbons (Fsp3) is 0.561. The second-order valence-electron chi connectivity index (χ2n) is 21.5. The standard InChI is InChI=1S/C57H72N8O6/c1-33(2)50(62-56(68)70-6)54(66)64-46-14-10-8-12-42(46)29-48(64)52-58-31-44(60-52)24-22-40-27-36-16-18-37-20-21-38(35(5)26-39(40)19-17-36)28-41(37)23-25-45-32-59-53(61-45)49-30-43-13-9-11-15-47(43)65(49)55(67)51(34(3)4)63-57(69)71-7/h17,19-21,27-28,31-35,42-43,46-51,54,66H,8-16,18,26,29-30H2,1-7H3,(H,58,60)(H,59,61)(H,62,68)(H,63,69)/t35-,42+,43+,46+,47+,48+,49+,50+,51+,54?/m1/s1. The molecular formula is C57H72N8O6. The summed E-state index contributed by atoms with van der Waals surface area (Å²) in [6.07, 6.45) is 14.5. The van der Waals surface area contributed by atoms with Crippen LogP contribution in [-0.4, -0.2) is 97.6 Å². The first-order valence-corrected chi connectivity index (χ1v) is 26.2. The van der Waals surface area contributed by atoms with Crippen LogP contribution >= 0.6 is 0 Å². The second-order valence-corrected chi connectivity index (χ2v) is 21.5. The van der Waals surface area contributed by atoms with Gasteiger partial charge in [0.25, 0.3) is 0 Å². The van der Waals surface area contributed by atoms with Gasteiger partial charge in [-0.3, -0.25) is 9.69 Å². The lowest BCUT2D eigenvalue weighted by Gasteiger charge is -2.41. The lowest BCUT2D eigenvalue weighted by Crippen LogP contribution is -2.56. The Balaban J connectivity index is 0.922. The zero-order valence-electron chi connectivity index (χ0n) is 42.5. The summed E-state index contributed by atoms with van der Waals surface area (Å²) < 4.78 is 9.83. The van der Waals surface area contributed by atoms with E-state index < -0.39 is 30.5 Å².